The Hall–Kier alpha value is -5.06. The third-order valence-corrected chi connectivity index (χ3v) is 16.5. The Bertz CT molecular complexity index is 3240. The SMILES string of the molecule is Cc1cc2c3c(c1)N(c1ccc(C(C)(C)C)cc1-c1ccccc1)c1c(sc4cc5c(cc14)C(C)(C)CCC5(C)C)B3n1c3ccc(C(C)(C)C)cc3c3cc(C(C)(C)C)cc-2c31. The van der Waals surface area contributed by atoms with Crippen LogP contribution in [0.1, 0.15) is 136 Å². The molecule has 4 heterocycles. The fraction of sp³-hybridized carbons (Fsp3) is 0.356. The van der Waals surface area contributed by atoms with E-state index in [1.54, 1.807) is 0 Å². The van der Waals surface area contributed by atoms with Gasteiger partial charge in [-0.1, -0.05) is 139 Å². The Kier molecular flexibility index (Phi) is 8.42. The van der Waals surface area contributed by atoms with E-state index in [4.69, 9.17) is 0 Å². The molecule has 2 nitrogen and oxygen atoms in total. The number of aromatic nitrogens is 1. The molecule has 4 heteroatoms. The van der Waals surface area contributed by atoms with Crippen LogP contribution in [-0.2, 0) is 27.1 Å². The van der Waals surface area contributed by atoms with Gasteiger partial charge in [0.05, 0.1) is 11.4 Å². The lowest BCUT2D eigenvalue weighted by Crippen LogP contribution is -2.55. The van der Waals surface area contributed by atoms with Gasteiger partial charge in [-0.25, -0.2) is 0 Å². The Morgan fingerprint density at radius 3 is 1.83 bits per heavy atom. The fourth-order valence-corrected chi connectivity index (χ4v) is 12.7. The number of nitrogens with zero attached hydrogens (tertiary/aromatic N) is 2. The summed E-state index contributed by atoms with van der Waals surface area (Å²) in [5, 5.41) is 4.12. The van der Waals surface area contributed by atoms with Crippen LogP contribution in [0.3, 0.4) is 0 Å². The Labute approximate surface area is 380 Å². The van der Waals surface area contributed by atoms with E-state index in [-0.39, 0.29) is 33.9 Å². The first-order chi connectivity index (χ1) is 29.5. The highest BCUT2D eigenvalue weighted by Crippen LogP contribution is 2.54. The Balaban J connectivity index is 1.33. The molecule has 11 rings (SSSR count). The number of rotatable bonds is 2. The van der Waals surface area contributed by atoms with Crippen molar-refractivity contribution in [2.75, 3.05) is 4.90 Å². The summed E-state index contributed by atoms with van der Waals surface area (Å²) < 4.78 is 5.61. The van der Waals surface area contributed by atoms with Crippen LogP contribution in [0.5, 0.6) is 0 Å². The van der Waals surface area contributed by atoms with E-state index in [0.29, 0.717) is 0 Å². The van der Waals surface area contributed by atoms with Crippen molar-refractivity contribution in [3.05, 3.63) is 137 Å². The smallest absolute Gasteiger partial charge is 0.343 e. The maximum atomic E-state index is 2.78. The number of thiophene rings is 1. The van der Waals surface area contributed by atoms with Crippen LogP contribution in [0.4, 0.5) is 17.1 Å². The molecule has 0 atom stereocenters. The average Bonchev–Trinajstić information content (AvgIpc) is 3.75. The van der Waals surface area contributed by atoms with Gasteiger partial charge in [0.25, 0.3) is 0 Å². The van der Waals surface area contributed by atoms with Crippen LogP contribution in [-0.4, -0.2) is 11.3 Å². The molecule has 0 unspecified atom stereocenters. The maximum Gasteiger partial charge on any atom is 0.343 e. The monoisotopic (exact) mass is 842 g/mol. The normalized spacial score (nSPS) is 16.5. The highest BCUT2D eigenvalue weighted by atomic mass is 32.1. The van der Waals surface area contributed by atoms with Crippen molar-refractivity contribution in [2.24, 2.45) is 0 Å². The van der Waals surface area contributed by atoms with Crippen LogP contribution in [0.25, 0.3) is 54.1 Å². The van der Waals surface area contributed by atoms with Crippen LogP contribution in [0.2, 0.25) is 0 Å². The number of anilines is 3. The first-order valence-corrected chi connectivity index (χ1v) is 24.2. The van der Waals surface area contributed by atoms with E-state index in [9.17, 15) is 0 Å². The number of hydrogen-bond acceptors (Lipinski definition) is 2. The van der Waals surface area contributed by atoms with Gasteiger partial charge in [-0.05, 0) is 151 Å². The molecule has 0 saturated heterocycles. The van der Waals surface area contributed by atoms with Gasteiger partial charge in [0, 0.05) is 53.5 Å². The third-order valence-electron chi connectivity index (χ3n) is 15.3. The molecule has 8 aromatic rings. The van der Waals surface area contributed by atoms with Crippen molar-refractivity contribution >= 4 is 77.4 Å². The molecule has 0 fully saturated rings. The largest absolute Gasteiger partial charge is 0.375 e. The van der Waals surface area contributed by atoms with Crippen molar-refractivity contribution in [3.8, 4) is 22.3 Å². The fourth-order valence-electron chi connectivity index (χ4n) is 11.4. The summed E-state index contributed by atoms with van der Waals surface area (Å²) in [6, 6.07) is 41.2. The minimum absolute atomic E-state index is 0.00256. The lowest BCUT2D eigenvalue weighted by Gasteiger charge is -2.42. The number of benzene rings is 6. The molecule has 2 aliphatic heterocycles. The van der Waals surface area contributed by atoms with Gasteiger partial charge in [0.15, 0.2) is 0 Å². The standard InChI is InChI=1S/C59H63BN2S/c1-34-26-41-43-31-38(57(8,9)10)30-42-40-29-37(56(5,6)7)21-23-48(40)62(52(42)43)60-51(41)49(27-34)61(47-22-20-36(55(2,3)4)28-39(47)35-18-16-15-17-19-35)53-44-32-45-46(33-50(44)63-54(53)60)59(13,14)25-24-58(45,11)12/h15-23,26-33H,24-25H2,1-14H3. The van der Waals surface area contributed by atoms with E-state index in [1.807, 2.05) is 11.3 Å². The molecule has 0 amide bonds. The number of fused-ring (bicyclic) bond motifs is 10. The minimum Gasteiger partial charge on any atom is -0.375 e. The topological polar surface area (TPSA) is 8.17 Å². The van der Waals surface area contributed by atoms with Crippen LogP contribution >= 0.6 is 11.3 Å². The van der Waals surface area contributed by atoms with Gasteiger partial charge in [-0.15, -0.1) is 11.3 Å². The lowest BCUT2D eigenvalue weighted by molar-refractivity contribution is 0.332. The van der Waals surface area contributed by atoms with E-state index in [0.717, 1.165) is 0 Å². The van der Waals surface area contributed by atoms with Crippen LogP contribution < -0.4 is 15.1 Å². The van der Waals surface area contributed by atoms with Crippen molar-refractivity contribution in [1.82, 2.24) is 4.48 Å². The molecule has 6 aromatic carbocycles. The molecule has 318 valence electrons. The molecular formula is C59H63BN2S. The second-order valence-corrected chi connectivity index (χ2v) is 24.9. The summed E-state index contributed by atoms with van der Waals surface area (Å²) in [5.74, 6) is 0. The summed E-state index contributed by atoms with van der Waals surface area (Å²) in [4.78, 5) is 2.72. The zero-order chi connectivity index (χ0) is 44.5. The van der Waals surface area contributed by atoms with Gasteiger partial charge in [0.2, 0.25) is 0 Å². The summed E-state index contributed by atoms with van der Waals surface area (Å²) in [6.45, 7) is 33.4. The van der Waals surface area contributed by atoms with E-state index >= 15 is 0 Å². The van der Waals surface area contributed by atoms with Gasteiger partial charge in [-0.3, -0.25) is 0 Å². The maximum absolute atomic E-state index is 2.78. The lowest BCUT2D eigenvalue weighted by atomic mass is 9.48. The summed E-state index contributed by atoms with van der Waals surface area (Å²) >= 11 is 2.05. The molecule has 1 aliphatic carbocycles. The van der Waals surface area contributed by atoms with Gasteiger partial charge in [0.1, 0.15) is 0 Å². The quantitative estimate of drug-likeness (QED) is 0.157. The molecule has 0 bridgehead atoms. The number of hydrogen-bond donors (Lipinski definition) is 0. The molecule has 0 saturated carbocycles. The first kappa shape index (κ1) is 40.7. The summed E-state index contributed by atoms with van der Waals surface area (Å²) in [7, 11) is 0. The predicted molar refractivity (Wildman–Crippen MR) is 277 cm³/mol. The third kappa shape index (κ3) is 5.95. The highest BCUT2D eigenvalue weighted by molar-refractivity contribution is 7.32. The summed E-state index contributed by atoms with van der Waals surface area (Å²) in [6.07, 6.45) is 2.39. The van der Waals surface area contributed by atoms with Crippen LogP contribution in [0.15, 0.2) is 103 Å². The molecule has 0 spiro atoms. The van der Waals surface area contributed by atoms with E-state index in [2.05, 4.69) is 209 Å². The zero-order valence-corrected chi connectivity index (χ0v) is 40.9. The van der Waals surface area contributed by atoms with Crippen molar-refractivity contribution in [1.29, 1.82) is 0 Å². The second kappa shape index (κ2) is 13.0. The minimum atomic E-state index is -0.0216. The molecule has 0 N–H and O–H groups in total. The first-order valence-electron chi connectivity index (χ1n) is 23.4. The van der Waals surface area contributed by atoms with Crippen LogP contribution in [0, 0.1) is 6.92 Å². The molecule has 2 aromatic heterocycles. The molecule has 63 heavy (non-hydrogen) atoms. The van der Waals surface area contributed by atoms with Crippen molar-refractivity contribution in [3.63, 3.8) is 0 Å². The van der Waals surface area contributed by atoms with Gasteiger partial charge >= 0.3 is 6.85 Å². The number of aryl methyl sites for hydroxylation is 1. The van der Waals surface area contributed by atoms with E-state index < -0.39 is 0 Å². The van der Waals surface area contributed by atoms with Crippen molar-refractivity contribution < 1.29 is 0 Å². The molecule has 0 radical (unpaired) electrons. The highest BCUT2D eigenvalue weighted by Gasteiger charge is 2.47. The van der Waals surface area contributed by atoms with Gasteiger partial charge < -0.3 is 9.38 Å². The zero-order valence-electron chi connectivity index (χ0n) is 40.1. The predicted octanol–water partition coefficient (Wildman–Crippen LogP) is 15.6. The second-order valence-electron chi connectivity index (χ2n) is 23.8. The van der Waals surface area contributed by atoms with Crippen molar-refractivity contribution in [2.45, 2.75) is 137 Å². The Morgan fingerprint density at radius 2 is 1.16 bits per heavy atom. The summed E-state index contributed by atoms with van der Waals surface area (Å²) in [5.41, 5.74) is 21.9. The Morgan fingerprint density at radius 1 is 0.556 bits per heavy atom. The van der Waals surface area contributed by atoms with E-state index in [1.165, 1.54) is 128 Å². The molecular weight excluding hydrogens is 780 g/mol. The average molecular weight is 843 g/mol. The van der Waals surface area contributed by atoms with Gasteiger partial charge in [-0.2, -0.15) is 0 Å². The molecule has 3 aliphatic rings.